The van der Waals surface area contributed by atoms with Crippen LogP contribution in [0.25, 0.3) is 0 Å². The minimum absolute atomic E-state index is 0.0952. The summed E-state index contributed by atoms with van der Waals surface area (Å²) in [4.78, 5) is 0. The van der Waals surface area contributed by atoms with Gasteiger partial charge in [-0.15, -0.1) is 0 Å². The zero-order chi connectivity index (χ0) is 13.9. The van der Waals surface area contributed by atoms with Crippen LogP contribution in [0, 0.1) is 11.7 Å². The molecule has 1 aromatic carbocycles. The van der Waals surface area contributed by atoms with Gasteiger partial charge in [-0.05, 0) is 25.3 Å². The third-order valence-corrected chi connectivity index (χ3v) is 3.68. The summed E-state index contributed by atoms with van der Waals surface area (Å²) in [5, 5.41) is 3.04. The Hall–Kier alpha value is -1.10. The molecule has 1 aromatic rings. The topological polar surface area (TPSA) is 12.0 Å². The van der Waals surface area contributed by atoms with Crippen LogP contribution in [0.15, 0.2) is 24.3 Å². The van der Waals surface area contributed by atoms with Crippen molar-refractivity contribution in [3.63, 3.8) is 0 Å². The number of halogens is 4. The van der Waals surface area contributed by atoms with E-state index in [9.17, 15) is 17.6 Å². The third kappa shape index (κ3) is 3.93. The highest BCUT2D eigenvalue weighted by Crippen LogP contribution is 2.37. The van der Waals surface area contributed by atoms with Gasteiger partial charge in [-0.1, -0.05) is 24.6 Å². The Morgan fingerprint density at radius 2 is 1.89 bits per heavy atom. The Balaban J connectivity index is 1.88. The van der Waals surface area contributed by atoms with Gasteiger partial charge in [-0.2, -0.15) is 13.2 Å². The highest BCUT2D eigenvalue weighted by Gasteiger charge is 2.41. The van der Waals surface area contributed by atoms with E-state index in [1.807, 2.05) is 0 Å². The largest absolute Gasteiger partial charge is 0.391 e. The summed E-state index contributed by atoms with van der Waals surface area (Å²) in [7, 11) is 0. The highest BCUT2D eigenvalue weighted by molar-refractivity contribution is 5.17. The normalized spacial score (nSPS) is 24.4. The summed E-state index contributed by atoms with van der Waals surface area (Å²) >= 11 is 0. The maximum Gasteiger partial charge on any atom is 0.391 e. The standard InChI is InChI=1S/C14H17F4N/c15-13-7-2-1-4-10(13)9-19-12-6-3-5-11(8-12)14(16,17)18/h1-2,4,7,11-12,19H,3,5-6,8-9H2. The molecule has 106 valence electrons. The van der Waals surface area contributed by atoms with Gasteiger partial charge >= 0.3 is 6.18 Å². The summed E-state index contributed by atoms with van der Waals surface area (Å²) in [6.07, 6.45) is -2.52. The Labute approximate surface area is 110 Å². The van der Waals surface area contributed by atoms with Crippen LogP contribution in [-0.4, -0.2) is 12.2 Å². The molecule has 0 amide bonds. The number of rotatable bonds is 3. The molecule has 0 bridgehead atoms. The SMILES string of the molecule is Fc1ccccc1CNC1CCCC(C(F)(F)F)C1. The molecule has 0 aliphatic heterocycles. The molecular weight excluding hydrogens is 258 g/mol. The average Bonchev–Trinajstić information content (AvgIpc) is 2.37. The molecule has 2 unspecified atom stereocenters. The van der Waals surface area contributed by atoms with Gasteiger partial charge in [0.1, 0.15) is 5.82 Å². The van der Waals surface area contributed by atoms with Gasteiger partial charge in [-0.25, -0.2) is 4.39 Å². The molecule has 1 aliphatic carbocycles. The first-order valence-electron chi connectivity index (χ1n) is 6.50. The number of alkyl halides is 3. The summed E-state index contributed by atoms with van der Waals surface area (Å²) < 4.78 is 51.4. The van der Waals surface area contributed by atoms with Crippen LogP contribution in [0.4, 0.5) is 17.6 Å². The van der Waals surface area contributed by atoms with Crippen LogP contribution in [0.2, 0.25) is 0 Å². The van der Waals surface area contributed by atoms with E-state index in [1.165, 1.54) is 6.07 Å². The second-order valence-electron chi connectivity index (χ2n) is 5.07. The van der Waals surface area contributed by atoms with Crippen molar-refractivity contribution in [3.05, 3.63) is 35.6 Å². The summed E-state index contributed by atoms with van der Waals surface area (Å²) in [6.45, 7) is 0.280. The van der Waals surface area contributed by atoms with Crippen LogP contribution in [-0.2, 0) is 6.54 Å². The van der Waals surface area contributed by atoms with Gasteiger partial charge in [-0.3, -0.25) is 0 Å². The van der Waals surface area contributed by atoms with Crippen molar-refractivity contribution < 1.29 is 17.6 Å². The second-order valence-corrected chi connectivity index (χ2v) is 5.07. The molecule has 0 radical (unpaired) electrons. The first-order chi connectivity index (χ1) is 8.97. The summed E-state index contributed by atoms with van der Waals surface area (Å²) in [5.41, 5.74) is 0.497. The molecule has 1 N–H and O–H groups in total. The molecular formula is C14H17F4N. The molecule has 0 saturated heterocycles. The fourth-order valence-corrected chi connectivity index (χ4v) is 2.57. The van der Waals surface area contributed by atoms with Crippen LogP contribution in [0.1, 0.15) is 31.2 Å². The highest BCUT2D eigenvalue weighted by atomic mass is 19.4. The first-order valence-corrected chi connectivity index (χ1v) is 6.50. The molecule has 0 aromatic heterocycles. The lowest BCUT2D eigenvalue weighted by Crippen LogP contribution is -2.38. The van der Waals surface area contributed by atoms with E-state index in [0.29, 0.717) is 12.0 Å². The Kier molecular flexibility index (Phi) is 4.45. The van der Waals surface area contributed by atoms with Crippen molar-refractivity contribution in [2.75, 3.05) is 0 Å². The van der Waals surface area contributed by atoms with Crippen LogP contribution < -0.4 is 5.32 Å². The van der Waals surface area contributed by atoms with Crippen molar-refractivity contribution in [1.29, 1.82) is 0 Å². The fourth-order valence-electron chi connectivity index (χ4n) is 2.57. The predicted octanol–water partition coefficient (Wildman–Crippen LogP) is 4.04. The van der Waals surface area contributed by atoms with Crippen molar-refractivity contribution >= 4 is 0 Å². The molecule has 1 saturated carbocycles. The van der Waals surface area contributed by atoms with E-state index in [-0.39, 0.29) is 31.2 Å². The Morgan fingerprint density at radius 1 is 1.16 bits per heavy atom. The first kappa shape index (κ1) is 14.3. The van der Waals surface area contributed by atoms with Crippen LogP contribution in [0.5, 0.6) is 0 Å². The second kappa shape index (κ2) is 5.90. The smallest absolute Gasteiger partial charge is 0.310 e. The van der Waals surface area contributed by atoms with Gasteiger partial charge in [0.05, 0.1) is 5.92 Å². The van der Waals surface area contributed by atoms with Gasteiger partial charge in [0.15, 0.2) is 0 Å². The minimum atomic E-state index is -4.11. The van der Waals surface area contributed by atoms with E-state index in [1.54, 1.807) is 18.2 Å². The Bertz CT molecular complexity index is 416. The van der Waals surface area contributed by atoms with Crippen LogP contribution in [0.3, 0.4) is 0 Å². The van der Waals surface area contributed by atoms with E-state index in [0.717, 1.165) is 6.42 Å². The van der Waals surface area contributed by atoms with Gasteiger partial charge in [0.25, 0.3) is 0 Å². The predicted molar refractivity (Wildman–Crippen MR) is 65.0 cm³/mol. The lowest BCUT2D eigenvalue weighted by molar-refractivity contribution is -0.183. The lowest BCUT2D eigenvalue weighted by Gasteiger charge is -2.31. The summed E-state index contributed by atoms with van der Waals surface area (Å²) in [5.74, 6) is -1.54. The van der Waals surface area contributed by atoms with Gasteiger partial charge < -0.3 is 5.32 Å². The molecule has 0 spiro atoms. The zero-order valence-corrected chi connectivity index (χ0v) is 10.5. The molecule has 0 heterocycles. The van der Waals surface area contributed by atoms with Gasteiger partial charge in [0.2, 0.25) is 0 Å². The zero-order valence-electron chi connectivity index (χ0n) is 10.5. The van der Waals surface area contributed by atoms with Crippen molar-refractivity contribution in [1.82, 2.24) is 5.32 Å². The number of nitrogens with one attached hydrogen (secondary N) is 1. The average molecular weight is 275 g/mol. The van der Waals surface area contributed by atoms with Crippen molar-refractivity contribution in [2.45, 2.75) is 44.4 Å². The third-order valence-electron chi connectivity index (χ3n) is 3.68. The maximum absolute atomic E-state index is 13.4. The summed E-state index contributed by atoms with van der Waals surface area (Å²) in [6, 6.07) is 6.14. The van der Waals surface area contributed by atoms with Crippen molar-refractivity contribution in [3.8, 4) is 0 Å². The molecule has 2 atom stereocenters. The van der Waals surface area contributed by atoms with E-state index in [4.69, 9.17) is 0 Å². The van der Waals surface area contributed by atoms with E-state index >= 15 is 0 Å². The minimum Gasteiger partial charge on any atom is -0.310 e. The fraction of sp³-hybridized carbons (Fsp3) is 0.571. The molecule has 19 heavy (non-hydrogen) atoms. The molecule has 2 rings (SSSR count). The lowest BCUT2D eigenvalue weighted by atomic mass is 9.85. The molecule has 1 aliphatic rings. The monoisotopic (exact) mass is 275 g/mol. The van der Waals surface area contributed by atoms with Crippen LogP contribution >= 0.6 is 0 Å². The van der Waals surface area contributed by atoms with Gasteiger partial charge in [0, 0.05) is 18.2 Å². The maximum atomic E-state index is 13.4. The quantitative estimate of drug-likeness (QED) is 0.821. The van der Waals surface area contributed by atoms with Crippen molar-refractivity contribution in [2.24, 2.45) is 5.92 Å². The molecule has 1 nitrogen and oxygen atoms in total. The Morgan fingerprint density at radius 3 is 2.58 bits per heavy atom. The van der Waals surface area contributed by atoms with E-state index < -0.39 is 12.1 Å². The molecule has 5 heteroatoms. The number of benzene rings is 1. The van der Waals surface area contributed by atoms with E-state index in [2.05, 4.69) is 5.32 Å². The molecule has 1 fully saturated rings. The number of hydrogen-bond acceptors (Lipinski definition) is 1. The number of hydrogen-bond donors (Lipinski definition) is 1.